The number of hydrogen-bond donors (Lipinski definition) is 2. The summed E-state index contributed by atoms with van der Waals surface area (Å²) in [4.78, 5) is 25.2. The van der Waals surface area contributed by atoms with Gasteiger partial charge >= 0.3 is 0 Å². The number of nitrogens with two attached hydrogens (primary N) is 1. The second-order valence-electron chi connectivity index (χ2n) is 7.51. The third-order valence-electron chi connectivity index (χ3n) is 5.40. The molecule has 2 aromatic rings. The number of carbonyl (C=O) groups is 2. The van der Waals surface area contributed by atoms with E-state index in [4.69, 9.17) is 5.73 Å². The third-order valence-corrected chi connectivity index (χ3v) is 8.44. The number of aryl methyl sites for hydroxylation is 2. The van der Waals surface area contributed by atoms with Gasteiger partial charge in [-0.15, -0.1) is 11.3 Å². The molecule has 0 saturated carbocycles. The van der Waals surface area contributed by atoms with Crippen molar-refractivity contribution in [3.63, 3.8) is 0 Å². The summed E-state index contributed by atoms with van der Waals surface area (Å²) >= 11 is 1.33. The van der Waals surface area contributed by atoms with Crippen LogP contribution < -0.4 is 11.1 Å². The second kappa shape index (κ2) is 9.28. The van der Waals surface area contributed by atoms with Crippen LogP contribution in [-0.4, -0.2) is 37.6 Å². The lowest BCUT2D eigenvalue weighted by Gasteiger charge is -2.25. The zero-order valence-electron chi connectivity index (χ0n) is 17.2. The first kappa shape index (κ1) is 22.5. The molecule has 1 aromatic carbocycles. The molecule has 0 radical (unpaired) electrons. The highest BCUT2D eigenvalue weighted by molar-refractivity contribution is 7.89. The topological polar surface area (TPSA) is 110 Å². The summed E-state index contributed by atoms with van der Waals surface area (Å²) in [6.45, 7) is 4.82. The van der Waals surface area contributed by atoms with Crippen molar-refractivity contribution in [1.29, 1.82) is 0 Å². The molecule has 1 aliphatic rings. The van der Waals surface area contributed by atoms with Gasteiger partial charge in [0.05, 0.1) is 10.5 Å². The number of nitrogens with zero attached hydrogens (tertiary/aromatic N) is 1. The van der Waals surface area contributed by atoms with Crippen LogP contribution in [0.2, 0.25) is 0 Å². The van der Waals surface area contributed by atoms with Crippen molar-refractivity contribution in [2.24, 2.45) is 5.73 Å². The molecule has 1 aliphatic heterocycles. The average Bonchev–Trinajstić information content (AvgIpc) is 3.00. The fraction of sp³-hybridized carbons (Fsp3) is 0.429. The van der Waals surface area contributed by atoms with E-state index in [1.807, 2.05) is 6.92 Å². The zero-order chi connectivity index (χ0) is 21.9. The van der Waals surface area contributed by atoms with Crippen molar-refractivity contribution in [3.8, 4) is 0 Å². The number of rotatable bonds is 7. The minimum Gasteiger partial charge on any atom is -0.365 e. The number of sulfonamides is 1. The number of nitrogens with one attached hydrogen (secondary N) is 1. The van der Waals surface area contributed by atoms with E-state index in [-0.39, 0.29) is 17.2 Å². The molecule has 0 unspecified atom stereocenters. The van der Waals surface area contributed by atoms with Gasteiger partial charge in [-0.3, -0.25) is 9.59 Å². The first-order chi connectivity index (χ1) is 14.2. The van der Waals surface area contributed by atoms with Gasteiger partial charge in [0.15, 0.2) is 0 Å². The molecule has 162 valence electrons. The van der Waals surface area contributed by atoms with Gasteiger partial charge in [-0.1, -0.05) is 18.6 Å². The van der Waals surface area contributed by atoms with E-state index < -0.39 is 15.9 Å². The number of primary amides is 1. The van der Waals surface area contributed by atoms with Crippen molar-refractivity contribution < 1.29 is 18.0 Å². The van der Waals surface area contributed by atoms with Crippen molar-refractivity contribution >= 4 is 38.2 Å². The molecule has 0 aliphatic carbocycles. The fourth-order valence-corrected chi connectivity index (χ4v) is 6.14. The van der Waals surface area contributed by atoms with Crippen molar-refractivity contribution in [3.05, 3.63) is 45.8 Å². The lowest BCUT2D eigenvalue weighted by molar-refractivity contribution is -0.116. The number of benzene rings is 1. The fourth-order valence-electron chi connectivity index (χ4n) is 3.54. The van der Waals surface area contributed by atoms with Crippen LogP contribution in [0.5, 0.6) is 0 Å². The molecule has 0 spiro atoms. The van der Waals surface area contributed by atoms with E-state index in [2.05, 4.69) is 5.32 Å². The summed E-state index contributed by atoms with van der Waals surface area (Å²) in [6.07, 6.45) is 3.54. The Hall–Kier alpha value is -2.23. The van der Waals surface area contributed by atoms with Gasteiger partial charge in [-0.2, -0.15) is 4.31 Å². The highest BCUT2D eigenvalue weighted by Gasteiger charge is 2.25. The monoisotopic (exact) mass is 449 g/mol. The number of hydrogen-bond acceptors (Lipinski definition) is 5. The Balaban J connectivity index is 1.61. The van der Waals surface area contributed by atoms with E-state index in [1.165, 1.54) is 11.3 Å². The van der Waals surface area contributed by atoms with Gasteiger partial charge < -0.3 is 11.1 Å². The summed E-state index contributed by atoms with van der Waals surface area (Å²) in [5.74, 6) is -0.776. The number of carbonyl (C=O) groups excluding carboxylic acids is 2. The second-order valence-corrected chi connectivity index (χ2v) is 10.7. The van der Waals surface area contributed by atoms with Gasteiger partial charge in [0, 0.05) is 24.4 Å². The predicted octanol–water partition coefficient (Wildman–Crippen LogP) is 3.21. The summed E-state index contributed by atoms with van der Waals surface area (Å²) < 4.78 is 27.0. The van der Waals surface area contributed by atoms with Crippen LogP contribution in [0, 0.1) is 13.8 Å². The number of amides is 2. The van der Waals surface area contributed by atoms with E-state index in [9.17, 15) is 18.0 Å². The van der Waals surface area contributed by atoms with E-state index in [0.717, 1.165) is 35.3 Å². The number of piperidine rings is 1. The van der Waals surface area contributed by atoms with Gasteiger partial charge in [-0.25, -0.2) is 8.42 Å². The van der Waals surface area contributed by atoms with E-state index in [1.54, 1.807) is 35.5 Å². The lowest BCUT2D eigenvalue weighted by atomic mass is 10.1. The maximum Gasteiger partial charge on any atom is 0.251 e. The molecule has 1 saturated heterocycles. The predicted molar refractivity (Wildman–Crippen MR) is 118 cm³/mol. The SMILES string of the molecule is Cc1sc(NC(=O)CCc2ccc(S(=O)(=O)N3CCCCC3)cc2)c(C(N)=O)c1C. The lowest BCUT2D eigenvalue weighted by Crippen LogP contribution is -2.35. The smallest absolute Gasteiger partial charge is 0.251 e. The maximum atomic E-state index is 12.7. The van der Waals surface area contributed by atoms with E-state index in [0.29, 0.717) is 30.1 Å². The minimum atomic E-state index is -3.45. The van der Waals surface area contributed by atoms with Gasteiger partial charge in [0.1, 0.15) is 5.00 Å². The standard InChI is InChI=1S/C21H27N3O4S2/c1-14-15(2)29-21(19(14)20(22)26)23-18(25)11-8-16-6-9-17(10-7-16)30(27,28)24-12-4-3-5-13-24/h6-7,9-10H,3-5,8,11-13H2,1-2H3,(H2,22,26)(H,23,25). The summed E-state index contributed by atoms with van der Waals surface area (Å²) in [5, 5.41) is 3.26. The van der Waals surface area contributed by atoms with Crippen LogP contribution >= 0.6 is 11.3 Å². The van der Waals surface area contributed by atoms with Gasteiger partial charge in [-0.05, 0) is 56.4 Å². The Labute approximate surface area is 181 Å². The Morgan fingerprint density at radius 1 is 1.10 bits per heavy atom. The normalized spacial score (nSPS) is 15.1. The average molecular weight is 450 g/mol. The molecule has 9 heteroatoms. The largest absolute Gasteiger partial charge is 0.365 e. The quantitative estimate of drug-likeness (QED) is 0.676. The zero-order valence-corrected chi connectivity index (χ0v) is 18.9. The molecule has 2 amide bonds. The maximum absolute atomic E-state index is 12.7. The van der Waals surface area contributed by atoms with Crippen LogP contribution in [0.4, 0.5) is 5.00 Å². The summed E-state index contributed by atoms with van der Waals surface area (Å²) in [7, 11) is -3.45. The van der Waals surface area contributed by atoms with Crippen molar-refractivity contribution in [2.75, 3.05) is 18.4 Å². The molecule has 0 atom stereocenters. The molecular weight excluding hydrogens is 422 g/mol. The van der Waals surface area contributed by atoms with Crippen LogP contribution in [0.1, 0.15) is 52.0 Å². The Bertz CT molecular complexity index is 1040. The summed E-state index contributed by atoms with van der Waals surface area (Å²) in [5.41, 5.74) is 7.45. The van der Waals surface area contributed by atoms with Crippen molar-refractivity contribution in [1.82, 2.24) is 4.31 Å². The molecule has 7 nitrogen and oxygen atoms in total. The molecule has 1 fully saturated rings. The first-order valence-electron chi connectivity index (χ1n) is 9.99. The Morgan fingerprint density at radius 2 is 1.73 bits per heavy atom. The first-order valence-corrected chi connectivity index (χ1v) is 12.2. The van der Waals surface area contributed by atoms with Crippen LogP contribution in [0.15, 0.2) is 29.2 Å². The molecule has 0 bridgehead atoms. The van der Waals surface area contributed by atoms with E-state index >= 15 is 0 Å². The van der Waals surface area contributed by atoms with Crippen LogP contribution in [-0.2, 0) is 21.2 Å². The molecule has 3 rings (SSSR count). The van der Waals surface area contributed by atoms with Gasteiger partial charge in [0.2, 0.25) is 15.9 Å². The minimum absolute atomic E-state index is 0.215. The number of anilines is 1. The highest BCUT2D eigenvalue weighted by atomic mass is 32.2. The van der Waals surface area contributed by atoms with Crippen LogP contribution in [0.25, 0.3) is 0 Å². The molecule has 1 aromatic heterocycles. The molecular formula is C21H27N3O4S2. The van der Waals surface area contributed by atoms with Gasteiger partial charge in [0.25, 0.3) is 5.91 Å². The van der Waals surface area contributed by atoms with Crippen molar-refractivity contribution in [2.45, 2.75) is 50.8 Å². The Morgan fingerprint density at radius 3 is 2.33 bits per heavy atom. The third kappa shape index (κ3) is 4.91. The number of thiophene rings is 1. The highest BCUT2D eigenvalue weighted by Crippen LogP contribution is 2.32. The molecule has 2 heterocycles. The molecule has 3 N–H and O–H groups in total. The summed E-state index contributed by atoms with van der Waals surface area (Å²) in [6, 6.07) is 6.71. The molecule has 30 heavy (non-hydrogen) atoms. The Kier molecular flexibility index (Phi) is 6.95. The van der Waals surface area contributed by atoms with Crippen LogP contribution in [0.3, 0.4) is 0 Å².